The van der Waals surface area contributed by atoms with Crippen LogP contribution in [0.1, 0.15) is 62.4 Å². The van der Waals surface area contributed by atoms with Gasteiger partial charge in [0.05, 0.1) is 0 Å². The van der Waals surface area contributed by atoms with E-state index in [4.69, 9.17) is 0 Å². The molecule has 1 amide bonds. The van der Waals surface area contributed by atoms with Crippen molar-refractivity contribution in [1.82, 2.24) is 10.2 Å². The van der Waals surface area contributed by atoms with E-state index in [1.54, 1.807) is 0 Å². The first-order valence-electron chi connectivity index (χ1n) is 10.3. The summed E-state index contributed by atoms with van der Waals surface area (Å²) in [5.41, 5.74) is 2.99. The molecule has 2 fully saturated rings. The number of piperidine rings is 1. The highest BCUT2D eigenvalue weighted by molar-refractivity contribution is 5.97. The van der Waals surface area contributed by atoms with Gasteiger partial charge in [-0.1, -0.05) is 19.9 Å². The lowest BCUT2D eigenvalue weighted by Crippen LogP contribution is -2.45. The van der Waals surface area contributed by atoms with Gasteiger partial charge < -0.3 is 15.5 Å². The van der Waals surface area contributed by atoms with Crippen molar-refractivity contribution in [1.29, 1.82) is 0 Å². The highest BCUT2D eigenvalue weighted by Gasteiger charge is 2.27. The second kappa shape index (κ2) is 8.43. The number of amides is 1. The summed E-state index contributed by atoms with van der Waals surface area (Å²) in [7, 11) is 0. The molecule has 1 aliphatic heterocycles. The standard InChI is InChI=1S/C22H35N3O/c1-15(2)17(4)24-21-7-5-6-20(16(21)3)22(26)25-12-10-19(11-13-25)23-14-18-8-9-18/h5-7,15,17-19,23-24H,8-14H2,1-4H3. The van der Waals surface area contributed by atoms with Crippen LogP contribution in [0.5, 0.6) is 0 Å². The minimum Gasteiger partial charge on any atom is -0.382 e. The zero-order valence-electron chi connectivity index (χ0n) is 16.8. The molecule has 1 saturated heterocycles. The Morgan fingerprint density at radius 1 is 1.15 bits per heavy atom. The lowest BCUT2D eigenvalue weighted by atomic mass is 10.00. The molecule has 1 heterocycles. The van der Waals surface area contributed by atoms with Crippen LogP contribution < -0.4 is 10.6 Å². The minimum absolute atomic E-state index is 0.184. The number of hydrogen-bond donors (Lipinski definition) is 2. The molecule has 4 nitrogen and oxygen atoms in total. The molecule has 0 spiro atoms. The largest absolute Gasteiger partial charge is 0.382 e. The van der Waals surface area contributed by atoms with Crippen LogP contribution in [0.4, 0.5) is 5.69 Å². The number of nitrogens with zero attached hydrogens (tertiary/aromatic N) is 1. The second-order valence-electron chi connectivity index (χ2n) is 8.57. The van der Waals surface area contributed by atoms with Gasteiger partial charge in [0.2, 0.25) is 0 Å². The molecule has 0 radical (unpaired) electrons. The minimum atomic E-state index is 0.184. The predicted molar refractivity (Wildman–Crippen MR) is 109 cm³/mol. The number of anilines is 1. The number of benzene rings is 1. The van der Waals surface area contributed by atoms with E-state index in [1.165, 1.54) is 19.4 Å². The van der Waals surface area contributed by atoms with Gasteiger partial charge in [0, 0.05) is 36.4 Å². The Balaban J connectivity index is 1.59. The summed E-state index contributed by atoms with van der Waals surface area (Å²) in [5, 5.41) is 7.25. The molecule has 2 N–H and O–H groups in total. The van der Waals surface area contributed by atoms with Gasteiger partial charge in [-0.05, 0) is 75.6 Å². The van der Waals surface area contributed by atoms with Gasteiger partial charge in [-0.2, -0.15) is 0 Å². The smallest absolute Gasteiger partial charge is 0.254 e. The van der Waals surface area contributed by atoms with Crippen molar-refractivity contribution in [3.63, 3.8) is 0 Å². The van der Waals surface area contributed by atoms with Gasteiger partial charge in [-0.25, -0.2) is 0 Å². The fraction of sp³-hybridized carbons (Fsp3) is 0.682. The lowest BCUT2D eigenvalue weighted by Gasteiger charge is -2.33. The van der Waals surface area contributed by atoms with Gasteiger partial charge in [0.25, 0.3) is 5.91 Å². The van der Waals surface area contributed by atoms with E-state index in [1.807, 2.05) is 17.0 Å². The quantitative estimate of drug-likeness (QED) is 0.773. The Morgan fingerprint density at radius 2 is 1.85 bits per heavy atom. The number of nitrogens with one attached hydrogen (secondary N) is 2. The summed E-state index contributed by atoms with van der Waals surface area (Å²) in [6, 6.07) is 7.02. The summed E-state index contributed by atoms with van der Waals surface area (Å²) in [6.07, 6.45) is 4.92. The first-order chi connectivity index (χ1) is 12.5. The molecule has 0 bridgehead atoms. The highest BCUT2D eigenvalue weighted by atomic mass is 16.2. The molecule has 1 atom stereocenters. The Hall–Kier alpha value is -1.55. The van der Waals surface area contributed by atoms with Gasteiger partial charge in [-0.15, -0.1) is 0 Å². The van der Waals surface area contributed by atoms with Gasteiger partial charge in [0.1, 0.15) is 0 Å². The molecular weight excluding hydrogens is 322 g/mol. The third-order valence-electron chi connectivity index (χ3n) is 6.12. The van der Waals surface area contributed by atoms with Crippen LogP contribution in [0, 0.1) is 18.8 Å². The van der Waals surface area contributed by atoms with Gasteiger partial charge >= 0.3 is 0 Å². The maximum absolute atomic E-state index is 13.1. The van der Waals surface area contributed by atoms with Crippen molar-refractivity contribution in [2.45, 2.75) is 65.5 Å². The molecule has 144 valence electrons. The third-order valence-corrected chi connectivity index (χ3v) is 6.12. The van der Waals surface area contributed by atoms with E-state index >= 15 is 0 Å². The van der Waals surface area contributed by atoms with Crippen molar-refractivity contribution in [2.24, 2.45) is 11.8 Å². The summed E-state index contributed by atoms with van der Waals surface area (Å²) >= 11 is 0. The molecule has 0 aromatic heterocycles. The predicted octanol–water partition coefficient (Wildman–Crippen LogP) is 4.06. The first-order valence-corrected chi connectivity index (χ1v) is 10.3. The molecule has 2 aliphatic rings. The van der Waals surface area contributed by atoms with Crippen LogP contribution >= 0.6 is 0 Å². The lowest BCUT2D eigenvalue weighted by molar-refractivity contribution is 0.0704. The zero-order valence-corrected chi connectivity index (χ0v) is 16.8. The molecule has 1 aromatic rings. The molecule has 26 heavy (non-hydrogen) atoms. The number of carbonyl (C=O) groups is 1. The van der Waals surface area contributed by atoms with Crippen LogP contribution in [0.2, 0.25) is 0 Å². The van der Waals surface area contributed by atoms with E-state index < -0.39 is 0 Å². The fourth-order valence-electron chi connectivity index (χ4n) is 3.55. The van der Waals surface area contributed by atoms with Crippen LogP contribution in [-0.2, 0) is 0 Å². The molecule has 1 unspecified atom stereocenters. The SMILES string of the molecule is Cc1c(NC(C)C(C)C)cccc1C(=O)N1CCC(NCC2CC2)CC1. The van der Waals surface area contributed by atoms with E-state index in [2.05, 4.69) is 44.4 Å². The van der Waals surface area contributed by atoms with E-state index in [-0.39, 0.29) is 5.91 Å². The maximum Gasteiger partial charge on any atom is 0.254 e. The van der Waals surface area contributed by atoms with Crippen molar-refractivity contribution in [2.75, 3.05) is 25.0 Å². The molecule has 1 saturated carbocycles. The average molecular weight is 358 g/mol. The Labute approximate surface area is 158 Å². The number of carbonyl (C=O) groups excluding carboxylic acids is 1. The van der Waals surface area contributed by atoms with Gasteiger partial charge in [0.15, 0.2) is 0 Å². The zero-order chi connectivity index (χ0) is 18.7. The summed E-state index contributed by atoms with van der Waals surface area (Å²) in [5.74, 6) is 1.65. The van der Waals surface area contributed by atoms with Crippen LogP contribution in [0.3, 0.4) is 0 Å². The normalized spacial score (nSPS) is 19.7. The van der Waals surface area contributed by atoms with Crippen LogP contribution in [-0.4, -0.2) is 42.5 Å². The maximum atomic E-state index is 13.1. The second-order valence-corrected chi connectivity index (χ2v) is 8.57. The Kier molecular flexibility index (Phi) is 6.23. The molecular formula is C22H35N3O. The molecule has 4 heteroatoms. The number of likely N-dealkylation sites (tertiary alicyclic amines) is 1. The monoisotopic (exact) mass is 357 g/mol. The van der Waals surface area contributed by atoms with E-state index in [0.717, 1.165) is 48.7 Å². The third kappa shape index (κ3) is 4.79. The summed E-state index contributed by atoms with van der Waals surface area (Å²) in [4.78, 5) is 15.1. The highest BCUT2D eigenvalue weighted by Crippen LogP contribution is 2.28. The van der Waals surface area contributed by atoms with Gasteiger partial charge in [-0.3, -0.25) is 4.79 Å². The van der Waals surface area contributed by atoms with Crippen molar-refractivity contribution >= 4 is 11.6 Å². The van der Waals surface area contributed by atoms with Crippen LogP contribution in [0.25, 0.3) is 0 Å². The molecule has 1 aliphatic carbocycles. The molecule has 1 aromatic carbocycles. The van der Waals surface area contributed by atoms with Crippen molar-refractivity contribution in [3.05, 3.63) is 29.3 Å². The topological polar surface area (TPSA) is 44.4 Å². The Bertz CT molecular complexity index is 616. The number of rotatable bonds is 7. The van der Waals surface area contributed by atoms with Crippen LogP contribution in [0.15, 0.2) is 18.2 Å². The van der Waals surface area contributed by atoms with E-state index in [0.29, 0.717) is 18.0 Å². The Morgan fingerprint density at radius 3 is 2.46 bits per heavy atom. The average Bonchev–Trinajstić information content (AvgIpc) is 3.46. The van der Waals surface area contributed by atoms with Crippen molar-refractivity contribution in [3.8, 4) is 0 Å². The fourth-order valence-corrected chi connectivity index (χ4v) is 3.55. The van der Waals surface area contributed by atoms with E-state index in [9.17, 15) is 4.79 Å². The summed E-state index contributed by atoms with van der Waals surface area (Å²) in [6.45, 7) is 11.6. The molecule has 3 rings (SSSR count). The van der Waals surface area contributed by atoms with Crippen molar-refractivity contribution < 1.29 is 4.79 Å². The number of hydrogen-bond acceptors (Lipinski definition) is 3. The summed E-state index contributed by atoms with van der Waals surface area (Å²) < 4.78 is 0. The first kappa shape index (κ1) is 19.2.